The number of para-hydroxylation sites is 2. The number of halogens is 3. The van der Waals surface area contributed by atoms with Gasteiger partial charge < -0.3 is 14.6 Å². The molecule has 2 aromatic carbocycles. The first-order valence-corrected chi connectivity index (χ1v) is 9.95. The second kappa shape index (κ2) is 8.77. The Labute approximate surface area is 170 Å². The van der Waals surface area contributed by atoms with Crippen molar-refractivity contribution in [2.24, 2.45) is 0 Å². The molecular formula is C20H20F3N3O2S. The number of nitrogens with one attached hydrogen (secondary N) is 1. The van der Waals surface area contributed by atoms with Crippen LogP contribution in [0.2, 0.25) is 0 Å². The van der Waals surface area contributed by atoms with Gasteiger partial charge >= 0.3 is 6.18 Å². The standard InChI is InChI=1S/C20H20F3N3O2S/c1-3-10-26-16-11-13(20(21,22)23)8-9-14(16)25-19(26)29-12-18(27)24-15-6-4-5-7-17(15)28-2/h4-9,11H,3,10,12H2,1-2H3,(H,24,27). The minimum Gasteiger partial charge on any atom is -0.495 e. The van der Waals surface area contributed by atoms with Crippen molar-refractivity contribution in [3.05, 3.63) is 48.0 Å². The van der Waals surface area contributed by atoms with Crippen LogP contribution < -0.4 is 10.1 Å². The fraction of sp³-hybridized carbons (Fsp3) is 0.300. The summed E-state index contributed by atoms with van der Waals surface area (Å²) >= 11 is 1.18. The molecule has 3 aromatic rings. The van der Waals surface area contributed by atoms with Gasteiger partial charge in [0.1, 0.15) is 5.75 Å². The van der Waals surface area contributed by atoms with Gasteiger partial charge in [0.05, 0.1) is 35.1 Å². The monoisotopic (exact) mass is 423 g/mol. The van der Waals surface area contributed by atoms with Gasteiger partial charge in [0, 0.05) is 6.54 Å². The van der Waals surface area contributed by atoms with Crippen molar-refractivity contribution in [1.29, 1.82) is 0 Å². The molecule has 1 amide bonds. The Morgan fingerprint density at radius 2 is 2.00 bits per heavy atom. The van der Waals surface area contributed by atoms with Gasteiger partial charge in [0.2, 0.25) is 5.91 Å². The number of benzene rings is 2. The molecule has 1 heterocycles. The molecule has 29 heavy (non-hydrogen) atoms. The number of hydrogen-bond acceptors (Lipinski definition) is 4. The molecule has 0 atom stereocenters. The topological polar surface area (TPSA) is 56.2 Å². The number of carbonyl (C=O) groups excluding carboxylic acids is 1. The Hall–Kier alpha value is -2.68. The number of imidazole rings is 1. The minimum atomic E-state index is -4.42. The molecule has 0 saturated heterocycles. The van der Waals surface area contributed by atoms with Crippen LogP contribution in [-0.4, -0.2) is 28.3 Å². The summed E-state index contributed by atoms with van der Waals surface area (Å²) in [6.07, 6.45) is -3.69. The van der Waals surface area contributed by atoms with Crippen molar-refractivity contribution in [3.8, 4) is 5.75 Å². The fourth-order valence-corrected chi connectivity index (χ4v) is 3.73. The van der Waals surface area contributed by atoms with Crippen LogP contribution in [0, 0.1) is 0 Å². The van der Waals surface area contributed by atoms with E-state index in [2.05, 4.69) is 10.3 Å². The third kappa shape index (κ3) is 4.84. The fourth-order valence-electron chi connectivity index (χ4n) is 2.89. The van der Waals surface area contributed by atoms with E-state index >= 15 is 0 Å². The van der Waals surface area contributed by atoms with E-state index in [0.29, 0.717) is 34.2 Å². The number of fused-ring (bicyclic) bond motifs is 1. The highest BCUT2D eigenvalue weighted by atomic mass is 32.2. The van der Waals surface area contributed by atoms with Gasteiger partial charge in [-0.3, -0.25) is 4.79 Å². The molecule has 0 aliphatic carbocycles. The maximum absolute atomic E-state index is 13.1. The number of nitrogens with zero attached hydrogens (tertiary/aromatic N) is 2. The van der Waals surface area contributed by atoms with E-state index in [1.165, 1.54) is 24.9 Å². The number of amides is 1. The SMILES string of the molecule is CCCn1c(SCC(=O)Nc2ccccc2OC)nc2ccc(C(F)(F)F)cc21. The highest BCUT2D eigenvalue weighted by Crippen LogP contribution is 2.33. The molecule has 0 saturated carbocycles. The molecule has 0 radical (unpaired) electrons. The average molecular weight is 423 g/mol. The first-order chi connectivity index (χ1) is 13.8. The van der Waals surface area contributed by atoms with Gasteiger partial charge in [-0.1, -0.05) is 30.8 Å². The van der Waals surface area contributed by atoms with Crippen LogP contribution in [0.1, 0.15) is 18.9 Å². The van der Waals surface area contributed by atoms with Gasteiger partial charge in [-0.2, -0.15) is 13.2 Å². The van der Waals surface area contributed by atoms with Crippen LogP contribution >= 0.6 is 11.8 Å². The molecular weight excluding hydrogens is 403 g/mol. The van der Waals surface area contributed by atoms with E-state index in [1.807, 2.05) is 6.92 Å². The van der Waals surface area contributed by atoms with Crippen molar-refractivity contribution in [2.75, 3.05) is 18.2 Å². The Balaban J connectivity index is 1.80. The number of anilines is 1. The first-order valence-electron chi connectivity index (χ1n) is 8.96. The summed E-state index contributed by atoms with van der Waals surface area (Å²) in [6, 6.07) is 10.5. The van der Waals surface area contributed by atoms with Crippen LogP contribution in [-0.2, 0) is 17.5 Å². The molecule has 0 unspecified atom stereocenters. The average Bonchev–Trinajstić information content (AvgIpc) is 3.03. The summed E-state index contributed by atoms with van der Waals surface area (Å²) in [5.41, 5.74) is 0.721. The number of thioether (sulfide) groups is 1. The molecule has 1 aromatic heterocycles. The van der Waals surface area contributed by atoms with Crippen LogP contribution in [0.4, 0.5) is 18.9 Å². The third-order valence-electron chi connectivity index (χ3n) is 4.20. The molecule has 1 N–H and O–H groups in total. The largest absolute Gasteiger partial charge is 0.495 e. The summed E-state index contributed by atoms with van der Waals surface area (Å²) in [4.78, 5) is 16.8. The maximum Gasteiger partial charge on any atom is 0.416 e. The van der Waals surface area contributed by atoms with E-state index in [9.17, 15) is 18.0 Å². The van der Waals surface area contributed by atoms with E-state index in [4.69, 9.17) is 4.74 Å². The van der Waals surface area contributed by atoms with Crippen molar-refractivity contribution in [2.45, 2.75) is 31.2 Å². The van der Waals surface area contributed by atoms with Crippen LogP contribution in [0.3, 0.4) is 0 Å². The van der Waals surface area contributed by atoms with Gasteiger partial charge in [0.15, 0.2) is 5.16 Å². The molecule has 0 aliphatic rings. The Morgan fingerprint density at radius 1 is 1.24 bits per heavy atom. The lowest BCUT2D eigenvalue weighted by molar-refractivity contribution is -0.137. The van der Waals surface area contributed by atoms with Gasteiger partial charge in [-0.15, -0.1) is 0 Å². The smallest absolute Gasteiger partial charge is 0.416 e. The van der Waals surface area contributed by atoms with Crippen molar-refractivity contribution >= 4 is 34.4 Å². The molecule has 154 valence electrons. The molecule has 0 bridgehead atoms. The number of methoxy groups -OCH3 is 1. The maximum atomic E-state index is 13.1. The predicted molar refractivity (Wildman–Crippen MR) is 107 cm³/mol. The van der Waals surface area contributed by atoms with E-state index in [1.54, 1.807) is 28.8 Å². The molecule has 0 aliphatic heterocycles. The third-order valence-corrected chi connectivity index (χ3v) is 5.18. The lowest BCUT2D eigenvalue weighted by atomic mass is 10.2. The summed E-state index contributed by atoms with van der Waals surface area (Å²) in [7, 11) is 1.52. The van der Waals surface area contributed by atoms with E-state index in [-0.39, 0.29) is 11.7 Å². The number of hydrogen-bond donors (Lipinski definition) is 1. The number of aryl methyl sites for hydroxylation is 1. The van der Waals surface area contributed by atoms with Gasteiger partial charge in [0.25, 0.3) is 0 Å². The molecule has 5 nitrogen and oxygen atoms in total. The number of carbonyl (C=O) groups is 1. The summed E-state index contributed by atoms with van der Waals surface area (Å²) in [6.45, 7) is 2.44. The predicted octanol–water partition coefficient (Wildman–Crippen LogP) is 5.20. The van der Waals surface area contributed by atoms with E-state index in [0.717, 1.165) is 18.6 Å². The van der Waals surface area contributed by atoms with Crippen molar-refractivity contribution < 1.29 is 22.7 Å². The van der Waals surface area contributed by atoms with E-state index < -0.39 is 11.7 Å². The van der Waals surface area contributed by atoms with Crippen LogP contribution in [0.5, 0.6) is 5.75 Å². The lowest BCUT2D eigenvalue weighted by Gasteiger charge is -2.11. The summed E-state index contributed by atoms with van der Waals surface area (Å²) in [5.74, 6) is 0.353. The van der Waals surface area contributed by atoms with Crippen LogP contribution in [0.25, 0.3) is 11.0 Å². The van der Waals surface area contributed by atoms with Crippen molar-refractivity contribution in [1.82, 2.24) is 9.55 Å². The number of alkyl halides is 3. The molecule has 3 rings (SSSR count). The highest BCUT2D eigenvalue weighted by molar-refractivity contribution is 7.99. The number of aromatic nitrogens is 2. The number of rotatable bonds is 7. The Kier molecular flexibility index (Phi) is 6.36. The minimum absolute atomic E-state index is 0.0667. The van der Waals surface area contributed by atoms with Gasteiger partial charge in [-0.25, -0.2) is 4.98 Å². The zero-order chi connectivity index (χ0) is 21.0. The Morgan fingerprint density at radius 3 is 2.69 bits per heavy atom. The Bertz CT molecular complexity index is 1020. The normalized spacial score (nSPS) is 11.6. The second-order valence-corrected chi connectivity index (χ2v) is 7.23. The van der Waals surface area contributed by atoms with Crippen molar-refractivity contribution in [3.63, 3.8) is 0 Å². The second-order valence-electron chi connectivity index (χ2n) is 6.28. The lowest BCUT2D eigenvalue weighted by Crippen LogP contribution is -2.15. The summed E-state index contributed by atoms with van der Waals surface area (Å²) in [5, 5.41) is 3.29. The zero-order valence-corrected chi connectivity index (χ0v) is 16.7. The van der Waals surface area contributed by atoms with Gasteiger partial charge in [-0.05, 0) is 36.8 Å². The first kappa shape index (κ1) is 21.0. The molecule has 0 fully saturated rings. The molecule has 0 spiro atoms. The summed E-state index contributed by atoms with van der Waals surface area (Å²) < 4.78 is 46.1. The van der Waals surface area contributed by atoms with Crippen LogP contribution in [0.15, 0.2) is 47.6 Å². The molecule has 9 heteroatoms. The number of ether oxygens (including phenoxy) is 1. The zero-order valence-electron chi connectivity index (χ0n) is 15.9. The quantitative estimate of drug-likeness (QED) is 0.531. The highest BCUT2D eigenvalue weighted by Gasteiger charge is 2.31.